The minimum atomic E-state index is -6.90. The summed E-state index contributed by atoms with van der Waals surface area (Å²) < 4.78 is 112. The molecule has 0 radical (unpaired) electrons. The molecule has 0 fully saturated rings. The fourth-order valence-electron chi connectivity index (χ4n) is 1.16. The summed E-state index contributed by atoms with van der Waals surface area (Å²) in [5.41, 5.74) is -0.741. The van der Waals surface area contributed by atoms with E-state index in [2.05, 4.69) is 0 Å². The first-order valence-corrected chi connectivity index (χ1v) is 4.86. The first-order valence-electron chi connectivity index (χ1n) is 4.86. The zero-order valence-corrected chi connectivity index (χ0v) is 9.29. The Labute approximate surface area is 106 Å². The maximum absolute atomic E-state index is 13.1. The summed E-state index contributed by atoms with van der Waals surface area (Å²) in [5.74, 6) is -13.6. The molecule has 0 aliphatic heterocycles. The minimum Gasteiger partial charge on any atom is -0.322 e. The minimum absolute atomic E-state index is 0.673. The van der Waals surface area contributed by atoms with Crippen LogP contribution in [0.1, 0.15) is 0 Å². The molecular weight excluding hydrogens is 305 g/mol. The van der Waals surface area contributed by atoms with Crippen molar-refractivity contribution < 1.29 is 39.5 Å². The van der Waals surface area contributed by atoms with Gasteiger partial charge in [-0.05, 0) is 12.1 Å². The first-order chi connectivity index (χ1) is 8.83. The summed E-state index contributed by atoms with van der Waals surface area (Å²) >= 11 is 0. The van der Waals surface area contributed by atoms with Crippen molar-refractivity contribution in [1.29, 1.82) is 0 Å². The Morgan fingerprint density at radius 1 is 0.650 bits per heavy atom. The zero-order valence-electron chi connectivity index (χ0n) is 9.29. The number of hydrogen-bond donors (Lipinski definition) is 1. The van der Waals surface area contributed by atoms with Gasteiger partial charge in [-0.2, -0.15) is 39.5 Å². The molecule has 0 saturated heterocycles. The normalized spacial score (nSPS) is 14.2. The van der Waals surface area contributed by atoms with Crippen LogP contribution >= 0.6 is 0 Å². The van der Waals surface area contributed by atoms with Gasteiger partial charge in [0.25, 0.3) is 0 Å². The van der Waals surface area contributed by atoms with E-state index in [1.807, 2.05) is 0 Å². The molecule has 1 rings (SSSR count). The number of hydrogen-bond acceptors (Lipinski definition) is 1. The lowest BCUT2D eigenvalue weighted by Crippen LogP contribution is -2.63. The molecule has 0 aromatic heterocycles. The van der Waals surface area contributed by atoms with Crippen molar-refractivity contribution in [2.24, 2.45) is 0 Å². The summed E-state index contributed by atoms with van der Waals surface area (Å²) in [4.78, 5) is 0. The van der Waals surface area contributed by atoms with Crippen LogP contribution in [-0.4, -0.2) is 24.1 Å². The van der Waals surface area contributed by atoms with Crippen LogP contribution in [0, 0.1) is 0 Å². The van der Waals surface area contributed by atoms with Crippen LogP contribution in [0.2, 0.25) is 0 Å². The van der Waals surface area contributed by atoms with Gasteiger partial charge in [0.1, 0.15) is 0 Å². The maximum Gasteiger partial charge on any atom is 0.460 e. The van der Waals surface area contributed by atoms with Crippen LogP contribution in [-0.2, 0) is 0 Å². The molecule has 1 aromatic carbocycles. The third kappa shape index (κ3) is 2.63. The summed E-state index contributed by atoms with van der Waals surface area (Å²) in [6, 6.07) is -0.721. The first kappa shape index (κ1) is 16.4. The summed E-state index contributed by atoms with van der Waals surface area (Å²) in [7, 11) is 0. The Morgan fingerprint density at radius 2 is 1.10 bits per heavy atom. The van der Waals surface area contributed by atoms with Crippen LogP contribution in [0.4, 0.5) is 45.2 Å². The van der Waals surface area contributed by atoms with Crippen molar-refractivity contribution in [3.8, 4) is 0 Å². The molecule has 0 heterocycles. The van der Waals surface area contributed by atoms with E-state index in [-0.39, 0.29) is 0 Å². The van der Waals surface area contributed by atoms with Crippen LogP contribution in [0.5, 0.6) is 0 Å². The molecule has 0 bridgehead atoms. The molecule has 1 aromatic rings. The van der Waals surface area contributed by atoms with Crippen molar-refractivity contribution >= 4 is 5.69 Å². The molecule has 114 valence electrons. The Balaban J connectivity index is 3.12. The number of para-hydroxylation sites is 1. The maximum atomic E-state index is 13.1. The molecule has 10 heteroatoms. The summed E-state index contributed by atoms with van der Waals surface area (Å²) in [6.07, 6.45) is -6.82. The number of alkyl halides is 9. The second kappa shape index (κ2) is 4.74. The lowest BCUT2D eigenvalue weighted by molar-refractivity contribution is -0.391. The van der Waals surface area contributed by atoms with Crippen molar-refractivity contribution in [2.45, 2.75) is 24.1 Å². The van der Waals surface area contributed by atoms with Crippen LogP contribution in [0.15, 0.2) is 30.3 Å². The Bertz CT molecular complexity index is 452. The van der Waals surface area contributed by atoms with Gasteiger partial charge in [-0.25, -0.2) is 0 Å². The highest BCUT2D eigenvalue weighted by atomic mass is 19.4. The average molecular weight is 311 g/mol. The number of anilines is 1. The average Bonchev–Trinajstić information content (AvgIpc) is 2.27. The van der Waals surface area contributed by atoms with E-state index in [1.54, 1.807) is 0 Å². The summed E-state index contributed by atoms with van der Waals surface area (Å²) in [6.45, 7) is 0. The van der Waals surface area contributed by atoms with E-state index in [9.17, 15) is 39.5 Å². The van der Waals surface area contributed by atoms with Crippen molar-refractivity contribution in [3.05, 3.63) is 30.3 Å². The van der Waals surface area contributed by atoms with Crippen LogP contribution in [0.25, 0.3) is 0 Å². The second-order valence-corrected chi connectivity index (χ2v) is 3.71. The fraction of sp³-hybridized carbons (Fsp3) is 0.400. The van der Waals surface area contributed by atoms with Gasteiger partial charge in [0.05, 0.1) is 0 Å². The monoisotopic (exact) mass is 311 g/mol. The van der Waals surface area contributed by atoms with Gasteiger partial charge < -0.3 is 5.32 Å². The number of nitrogens with one attached hydrogen (secondary N) is 1. The lowest BCUT2D eigenvalue weighted by atomic mass is 10.1. The molecule has 0 spiro atoms. The van der Waals surface area contributed by atoms with Gasteiger partial charge in [-0.15, -0.1) is 0 Å². The molecule has 0 unspecified atom stereocenters. The number of benzene rings is 1. The molecule has 20 heavy (non-hydrogen) atoms. The highest BCUT2D eigenvalue weighted by molar-refractivity contribution is 5.44. The highest BCUT2D eigenvalue weighted by Crippen LogP contribution is 2.52. The molecule has 0 amide bonds. The van der Waals surface area contributed by atoms with E-state index < -0.39 is 29.8 Å². The zero-order chi connectivity index (χ0) is 15.8. The van der Waals surface area contributed by atoms with Crippen LogP contribution in [0.3, 0.4) is 0 Å². The van der Waals surface area contributed by atoms with E-state index in [1.165, 1.54) is 6.07 Å². The predicted octanol–water partition coefficient (Wildman–Crippen LogP) is 4.52. The SMILES string of the molecule is FC(F)(F)C(F)(F)C(F)(F)C(F)(F)Nc1ccccc1. The highest BCUT2D eigenvalue weighted by Gasteiger charge is 2.82. The number of halogens is 9. The molecular formula is C10H6F9N. The van der Waals surface area contributed by atoms with Crippen molar-refractivity contribution in [3.63, 3.8) is 0 Å². The van der Waals surface area contributed by atoms with Gasteiger partial charge >= 0.3 is 24.1 Å². The number of rotatable bonds is 4. The Hall–Kier alpha value is -1.61. The van der Waals surface area contributed by atoms with Gasteiger partial charge in [0, 0.05) is 5.69 Å². The predicted molar refractivity (Wildman–Crippen MR) is 51.0 cm³/mol. The topological polar surface area (TPSA) is 12.0 Å². The molecule has 1 nitrogen and oxygen atoms in total. The molecule has 0 aliphatic carbocycles. The second-order valence-electron chi connectivity index (χ2n) is 3.71. The molecule has 1 N–H and O–H groups in total. The molecule has 0 aliphatic rings. The van der Waals surface area contributed by atoms with E-state index >= 15 is 0 Å². The standard InChI is InChI=1S/C10H6F9N/c11-7(12,9(15,16)17)8(13,14)10(18,19)20-6-4-2-1-3-5-6/h1-5,20H. The third-order valence-electron chi connectivity index (χ3n) is 2.22. The fourth-order valence-corrected chi connectivity index (χ4v) is 1.16. The molecule has 0 saturated carbocycles. The van der Waals surface area contributed by atoms with E-state index in [4.69, 9.17) is 0 Å². The lowest BCUT2D eigenvalue weighted by Gasteiger charge is -2.34. The van der Waals surface area contributed by atoms with Gasteiger partial charge in [-0.1, -0.05) is 18.2 Å². The van der Waals surface area contributed by atoms with Gasteiger partial charge in [0.2, 0.25) is 0 Å². The van der Waals surface area contributed by atoms with Crippen molar-refractivity contribution in [1.82, 2.24) is 0 Å². The Kier molecular flexibility index (Phi) is 3.90. The van der Waals surface area contributed by atoms with Crippen molar-refractivity contribution in [2.75, 3.05) is 5.32 Å². The van der Waals surface area contributed by atoms with E-state index in [0.717, 1.165) is 24.3 Å². The van der Waals surface area contributed by atoms with Gasteiger partial charge in [-0.3, -0.25) is 0 Å². The molecule has 0 atom stereocenters. The van der Waals surface area contributed by atoms with E-state index in [0.29, 0.717) is 5.32 Å². The van der Waals surface area contributed by atoms with Crippen LogP contribution < -0.4 is 5.32 Å². The smallest absolute Gasteiger partial charge is 0.322 e. The largest absolute Gasteiger partial charge is 0.460 e. The summed E-state index contributed by atoms with van der Waals surface area (Å²) in [5, 5.41) is 0.673. The Morgan fingerprint density at radius 3 is 1.50 bits per heavy atom. The quantitative estimate of drug-likeness (QED) is 0.636. The third-order valence-corrected chi connectivity index (χ3v) is 2.22. The van der Waals surface area contributed by atoms with Gasteiger partial charge in [0.15, 0.2) is 0 Å².